The summed E-state index contributed by atoms with van der Waals surface area (Å²) in [5.41, 5.74) is 12.1. The summed E-state index contributed by atoms with van der Waals surface area (Å²) >= 11 is 0. The number of phenols is 1. The van der Waals surface area contributed by atoms with Crippen molar-refractivity contribution >= 4 is 82.9 Å². The van der Waals surface area contributed by atoms with Crippen molar-refractivity contribution in [3.8, 4) is 11.5 Å². The third kappa shape index (κ3) is 32.4. The second-order valence-electron chi connectivity index (χ2n) is 28.3. The van der Waals surface area contributed by atoms with Gasteiger partial charge in [0.05, 0.1) is 18.6 Å². The zero-order chi connectivity index (χ0) is 79.3. The number of unbranched alkanes of at least 4 members (excludes halogenated alkanes) is 7. The molecule has 0 spiro atoms. The van der Waals surface area contributed by atoms with Crippen LogP contribution in [0, 0.1) is 11.8 Å². The molecule has 0 unspecified atom stereocenters. The number of carboxylic acids is 2. The highest BCUT2D eigenvalue weighted by atomic mass is 16.5. The molecule has 2 aromatic carbocycles. The third-order valence-corrected chi connectivity index (χ3v) is 19.4. The van der Waals surface area contributed by atoms with E-state index < -0.39 is 206 Å². The number of carbonyl (C=O) groups is 14. The number of fused-ring (bicyclic) bond motifs is 23. The molecule has 3 aliphatic rings. The fourth-order valence-electron chi connectivity index (χ4n) is 12.6. The average molecular weight is 1510 g/mol. The van der Waals surface area contributed by atoms with Gasteiger partial charge in [0, 0.05) is 38.6 Å². The first kappa shape index (κ1) is 90.1. The first-order valence-corrected chi connectivity index (χ1v) is 37.8. The Hall–Kier alpha value is -9.30. The Morgan fingerprint density at radius 1 is 0.589 bits per heavy atom. The molecule has 0 radical (unpaired) electrons. The van der Waals surface area contributed by atoms with Crippen molar-refractivity contribution in [3.63, 3.8) is 0 Å². The molecule has 3 aliphatic heterocycles. The minimum Gasteiger partial charge on any atom is -0.508 e. The molecule has 14 atom stereocenters. The van der Waals surface area contributed by atoms with Gasteiger partial charge in [0.15, 0.2) is 0 Å². The van der Waals surface area contributed by atoms with Crippen LogP contribution in [0.1, 0.15) is 213 Å². The summed E-state index contributed by atoms with van der Waals surface area (Å²) in [4.78, 5) is 196. The summed E-state index contributed by atoms with van der Waals surface area (Å²) in [7, 11) is 0. The first-order chi connectivity index (χ1) is 50.9. The van der Waals surface area contributed by atoms with Crippen molar-refractivity contribution in [1.29, 1.82) is 0 Å². The van der Waals surface area contributed by atoms with Crippen LogP contribution < -0.4 is 64.1 Å². The number of carboxylic acid groups (broad SMARTS) is 2. The molecule has 107 heavy (non-hydrogen) atoms. The summed E-state index contributed by atoms with van der Waals surface area (Å²) in [6.45, 7) is 10.6. The number of hydrogen-bond donors (Lipinski definition) is 16. The largest absolute Gasteiger partial charge is 0.508 e. The highest BCUT2D eigenvalue weighted by Gasteiger charge is 2.42. The van der Waals surface area contributed by atoms with Crippen molar-refractivity contribution in [1.82, 2.24) is 52.8 Å². The number of hydrogen-bond acceptors (Lipinski definition) is 19. The lowest BCUT2D eigenvalue weighted by atomic mass is 9.97. The van der Waals surface area contributed by atoms with E-state index >= 15 is 0 Å². The van der Waals surface area contributed by atoms with E-state index in [1.165, 1.54) is 79.1 Å². The molecule has 1 saturated heterocycles. The molecule has 0 saturated carbocycles. The van der Waals surface area contributed by atoms with E-state index in [0.717, 1.165) is 44.9 Å². The van der Waals surface area contributed by atoms with Crippen molar-refractivity contribution in [2.45, 2.75) is 288 Å². The topological polar surface area (TPSA) is 513 Å². The Labute approximate surface area is 625 Å². The highest BCUT2D eigenvalue weighted by Crippen LogP contribution is 2.24. The predicted molar refractivity (Wildman–Crippen MR) is 392 cm³/mol. The second-order valence-corrected chi connectivity index (χ2v) is 28.3. The van der Waals surface area contributed by atoms with E-state index in [9.17, 15) is 92.7 Å². The number of nitrogens with zero attached hydrogens (tertiary/aromatic N) is 1. The SMILES string of the molecule is CCC[C@@H]1NC(=O)[C@@H](CCC(=O)O)NC(=O)[C@@H]([C@H](C)O)NC(=O)[C@H](NC(=O)[C@H](CCCN)NC(=O)[C@H](CCC(=O)O)NC(=O)C[C@@H](O)CCCCCCCCCC[C@H](C)CC)Cc2ccc(cc2)OC(=O)[C@@H]([C@H](C)CC)NC(=O)[C@H](Cc2ccc(O)cc2)NC(=O)[C@H](CCC(N)=O)NC(=O)[C@H]2CCCN2C1=O. The molecule has 0 aliphatic carbocycles. The fraction of sp³-hybridized carbons (Fsp3) is 0.653. The lowest BCUT2D eigenvalue weighted by Crippen LogP contribution is -2.62. The van der Waals surface area contributed by atoms with Gasteiger partial charge in [0.2, 0.25) is 65.0 Å². The van der Waals surface area contributed by atoms with Gasteiger partial charge in [-0.2, -0.15) is 0 Å². The molecule has 11 amide bonds. The number of ether oxygens (including phenoxy) is 1. The van der Waals surface area contributed by atoms with Gasteiger partial charge in [-0.05, 0) is 118 Å². The normalized spacial score (nSPS) is 22.0. The summed E-state index contributed by atoms with van der Waals surface area (Å²) in [6, 6.07) is -4.78. The highest BCUT2D eigenvalue weighted by molar-refractivity contribution is 5.99. The quantitative estimate of drug-likeness (QED) is 0.0198. The molecule has 596 valence electrons. The minimum absolute atomic E-state index is 0.0225. The molecular weight excluding hydrogens is 1390 g/mol. The average Bonchev–Trinajstić information content (AvgIpc) is 1.81. The van der Waals surface area contributed by atoms with Crippen molar-refractivity contribution in [2.75, 3.05) is 13.1 Å². The number of phenolic OH excluding ortho intramolecular Hbond substituents is 1. The number of aliphatic hydroxyl groups excluding tert-OH is 2. The maximum Gasteiger partial charge on any atom is 0.334 e. The fourth-order valence-corrected chi connectivity index (χ4v) is 12.6. The Kier molecular flexibility index (Phi) is 39.9. The van der Waals surface area contributed by atoms with Gasteiger partial charge in [0.1, 0.15) is 71.9 Å². The number of nitrogens with one attached hydrogen (secondary N) is 9. The summed E-state index contributed by atoms with van der Waals surface area (Å²) in [6.07, 6.45) is 4.23. The smallest absolute Gasteiger partial charge is 0.334 e. The van der Waals surface area contributed by atoms with Crippen molar-refractivity contribution < 1.29 is 97.4 Å². The number of aliphatic carboxylic acids is 2. The molecule has 2 bridgehead atoms. The van der Waals surface area contributed by atoms with Crippen molar-refractivity contribution in [3.05, 3.63) is 59.7 Å². The number of primary amides is 1. The van der Waals surface area contributed by atoms with Crippen LogP contribution in [0.5, 0.6) is 11.5 Å². The van der Waals surface area contributed by atoms with Gasteiger partial charge in [-0.3, -0.25) is 62.3 Å². The Morgan fingerprint density at radius 3 is 1.73 bits per heavy atom. The number of aliphatic hydroxyl groups is 2. The van der Waals surface area contributed by atoms with E-state index in [1.54, 1.807) is 20.8 Å². The summed E-state index contributed by atoms with van der Waals surface area (Å²) in [5, 5.41) is 74.6. The van der Waals surface area contributed by atoms with E-state index in [4.69, 9.17) is 16.2 Å². The maximum atomic E-state index is 14.9. The third-order valence-electron chi connectivity index (χ3n) is 19.4. The number of esters is 1. The van der Waals surface area contributed by atoms with Crippen molar-refractivity contribution in [2.24, 2.45) is 23.3 Å². The molecule has 32 nitrogen and oxygen atoms in total. The molecule has 18 N–H and O–H groups in total. The molecule has 2 aromatic rings. The number of benzene rings is 2. The lowest BCUT2D eigenvalue weighted by molar-refractivity contribution is -0.143. The number of carbonyl (C=O) groups excluding carboxylic acids is 12. The van der Waals surface area contributed by atoms with Crippen LogP contribution in [0.25, 0.3) is 0 Å². The Morgan fingerprint density at radius 2 is 1.15 bits per heavy atom. The van der Waals surface area contributed by atoms with Crippen LogP contribution in [0.3, 0.4) is 0 Å². The van der Waals surface area contributed by atoms with Crippen LogP contribution in [-0.2, 0) is 80.0 Å². The number of amides is 11. The molecular formula is C75H116N12O20. The molecule has 5 rings (SSSR count). The molecule has 0 aromatic heterocycles. The zero-order valence-electron chi connectivity index (χ0n) is 62.7. The summed E-state index contributed by atoms with van der Waals surface area (Å²) < 4.78 is 5.84. The number of nitrogens with two attached hydrogens (primary N) is 2. The van der Waals surface area contributed by atoms with Crippen LogP contribution in [-0.4, -0.2) is 199 Å². The maximum absolute atomic E-state index is 14.9. The number of rotatable bonds is 38. The van der Waals surface area contributed by atoms with Gasteiger partial charge in [-0.1, -0.05) is 136 Å². The van der Waals surface area contributed by atoms with E-state index in [-0.39, 0.29) is 81.5 Å². The Balaban J connectivity index is 1.77. The van der Waals surface area contributed by atoms with Crippen LogP contribution in [0.4, 0.5) is 0 Å². The first-order valence-electron chi connectivity index (χ1n) is 37.8. The van der Waals surface area contributed by atoms with Gasteiger partial charge in [-0.25, -0.2) is 4.79 Å². The van der Waals surface area contributed by atoms with Crippen LogP contribution in [0.15, 0.2) is 48.5 Å². The lowest BCUT2D eigenvalue weighted by Gasteiger charge is -2.31. The van der Waals surface area contributed by atoms with Gasteiger partial charge in [-0.15, -0.1) is 0 Å². The molecule has 3 heterocycles. The predicted octanol–water partition coefficient (Wildman–Crippen LogP) is 2.11. The van der Waals surface area contributed by atoms with Crippen LogP contribution in [0.2, 0.25) is 0 Å². The number of aromatic hydroxyl groups is 1. The van der Waals surface area contributed by atoms with Gasteiger partial charge < -0.3 is 94.5 Å². The second kappa shape index (κ2) is 47.4. The molecule has 1 fully saturated rings. The summed E-state index contributed by atoms with van der Waals surface area (Å²) in [5.74, 6) is -14.5. The van der Waals surface area contributed by atoms with E-state index in [2.05, 4.69) is 61.7 Å². The minimum atomic E-state index is -1.98. The monoisotopic (exact) mass is 1500 g/mol. The van der Waals surface area contributed by atoms with E-state index in [0.29, 0.717) is 24.8 Å². The van der Waals surface area contributed by atoms with Gasteiger partial charge >= 0.3 is 17.9 Å². The van der Waals surface area contributed by atoms with Crippen LogP contribution >= 0.6 is 0 Å². The Bertz CT molecular complexity index is 3270. The standard InChI is InChI=1S/C75H116N12O20/c1-7-20-56-74(105)87-40-19-24-59(87)72(103)80-54(33-36-60(77)91)69(100)84-57(41-47-25-29-49(89)30-26-47)70(101)85-64(45(5)9-3)75(106)107-51-31-27-48(28-32-51)42-58(71(102)86-65(46(6)88)73(104)81-55(68(99)82-56)35-38-63(95)96)83-66(97)52(23-18-39-76)79-67(98)53(34-37-62(93)94)78-61(92)43-50(90)22-17-15-13-11-10-12-14-16-21-44(4)8-2/h25-32,44-46,50,52-59,64-65,88-90H,7-24,33-43,76H2,1-6H3,(H2,77,91)(H,78,92)(H,79,98)(H,80,103)(H,81,104)(H,82,99)(H,83,97)(H,84,100)(H,85,101)(H,86,102)(H,93,94)(H,95,96)/t44-,45-,46+,50+,52+,53+,54+,55-,56+,57+,58-,59-,64-,65-/m1/s1. The van der Waals surface area contributed by atoms with E-state index in [1.807, 2.05) is 0 Å². The molecule has 32 heteroatoms. The zero-order valence-corrected chi connectivity index (χ0v) is 62.7. The van der Waals surface area contributed by atoms with Gasteiger partial charge in [0.25, 0.3) is 0 Å².